The Kier molecular flexibility index (Phi) is 3.88. The molecule has 0 aromatic rings. The van der Waals surface area contributed by atoms with Crippen LogP contribution in [0, 0.1) is 5.92 Å². The van der Waals surface area contributed by atoms with E-state index in [1.54, 1.807) is 0 Å². The Hall–Kier alpha value is -1.32. The average Bonchev–Trinajstić information content (AvgIpc) is 2.41. The zero-order chi connectivity index (χ0) is 11.4. The van der Waals surface area contributed by atoms with E-state index in [2.05, 4.69) is 19.2 Å². The monoisotopic (exact) mass is 210 g/mol. The Morgan fingerprint density at radius 1 is 1.40 bits per heavy atom. The number of nitrogens with one attached hydrogen (secondary N) is 1. The second-order valence-corrected chi connectivity index (χ2v) is 4.22. The number of hydrogen-bond donors (Lipinski definition) is 1. The summed E-state index contributed by atoms with van der Waals surface area (Å²) in [6.45, 7) is 5.07. The van der Waals surface area contributed by atoms with Crippen LogP contribution in [0.25, 0.3) is 0 Å². The number of nitrogens with zero attached hydrogens (tertiary/aromatic N) is 1. The summed E-state index contributed by atoms with van der Waals surface area (Å²) in [6, 6.07) is 0. The molecule has 84 valence electrons. The lowest BCUT2D eigenvalue weighted by molar-refractivity contribution is -0.135. The normalized spacial score (nSPS) is 16.3. The molecule has 0 saturated heterocycles. The average molecular weight is 210 g/mol. The number of imide groups is 1. The Morgan fingerprint density at radius 3 is 2.53 bits per heavy atom. The summed E-state index contributed by atoms with van der Waals surface area (Å²) in [4.78, 5) is 23.7. The maximum atomic E-state index is 11.4. The van der Waals surface area contributed by atoms with Crippen LogP contribution in [-0.4, -0.2) is 30.3 Å². The number of likely N-dealkylation sites (N-methyl/N-ethyl adjacent to an activating group) is 1. The SMILES string of the molecule is CC(C)CCCNC1=CC(=O)N(C)C1=O. The van der Waals surface area contributed by atoms with E-state index in [1.807, 2.05) is 0 Å². The molecule has 2 amide bonds. The fourth-order valence-electron chi connectivity index (χ4n) is 1.42. The Labute approximate surface area is 90.3 Å². The van der Waals surface area contributed by atoms with E-state index in [0.29, 0.717) is 11.6 Å². The highest BCUT2D eigenvalue weighted by Crippen LogP contribution is 2.08. The number of carbonyl (C=O) groups excluding carboxylic acids is 2. The lowest BCUT2D eigenvalue weighted by Crippen LogP contribution is -2.30. The molecule has 0 saturated carbocycles. The third-order valence-electron chi connectivity index (χ3n) is 2.41. The van der Waals surface area contributed by atoms with E-state index in [9.17, 15) is 9.59 Å². The van der Waals surface area contributed by atoms with Gasteiger partial charge in [0.1, 0.15) is 5.70 Å². The van der Waals surface area contributed by atoms with Crippen molar-refractivity contribution in [1.29, 1.82) is 0 Å². The summed E-state index contributed by atoms with van der Waals surface area (Å²) in [5.41, 5.74) is 0.422. The van der Waals surface area contributed by atoms with Gasteiger partial charge in [-0.15, -0.1) is 0 Å². The smallest absolute Gasteiger partial charge is 0.276 e. The van der Waals surface area contributed by atoms with Crippen molar-refractivity contribution in [2.75, 3.05) is 13.6 Å². The second-order valence-electron chi connectivity index (χ2n) is 4.22. The molecule has 0 bridgehead atoms. The molecule has 1 heterocycles. The van der Waals surface area contributed by atoms with Crippen molar-refractivity contribution in [2.45, 2.75) is 26.7 Å². The molecule has 1 aliphatic heterocycles. The second kappa shape index (κ2) is 4.96. The number of amides is 2. The van der Waals surface area contributed by atoms with Crippen LogP contribution < -0.4 is 5.32 Å². The molecule has 0 aromatic carbocycles. The van der Waals surface area contributed by atoms with Gasteiger partial charge in [-0.05, 0) is 18.8 Å². The summed E-state index contributed by atoms with van der Waals surface area (Å²) in [7, 11) is 1.49. The molecule has 0 unspecified atom stereocenters. The third-order valence-corrected chi connectivity index (χ3v) is 2.41. The molecule has 0 aromatic heterocycles. The molecule has 0 atom stereocenters. The standard InChI is InChI=1S/C11H18N2O2/c1-8(2)5-4-6-12-9-7-10(14)13(3)11(9)15/h7-8,12H,4-6H2,1-3H3. The first-order chi connectivity index (χ1) is 7.02. The molecule has 1 N–H and O–H groups in total. The molecule has 0 aliphatic carbocycles. The minimum absolute atomic E-state index is 0.232. The van der Waals surface area contributed by atoms with Gasteiger partial charge in [-0.25, -0.2) is 0 Å². The van der Waals surface area contributed by atoms with Crippen molar-refractivity contribution < 1.29 is 9.59 Å². The number of rotatable bonds is 5. The van der Waals surface area contributed by atoms with Crippen molar-refractivity contribution in [3.8, 4) is 0 Å². The third kappa shape index (κ3) is 3.08. The van der Waals surface area contributed by atoms with E-state index >= 15 is 0 Å². The minimum Gasteiger partial charge on any atom is -0.380 e. The summed E-state index contributed by atoms with van der Waals surface area (Å²) >= 11 is 0. The fourth-order valence-corrected chi connectivity index (χ4v) is 1.42. The zero-order valence-electron chi connectivity index (χ0n) is 9.54. The van der Waals surface area contributed by atoms with Gasteiger partial charge in [-0.2, -0.15) is 0 Å². The topological polar surface area (TPSA) is 49.4 Å². The van der Waals surface area contributed by atoms with Gasteiger partial charge in [0.25, 0.3) is 11.8 Å². The summed E-state index contributed by atoms with van der Waals surface area (Å²) in [6.07, 6.45) is 3.50. The molecular formula is C11H18N2O2. The summed E-state index contributed by atoms with van der Waals surface area (Å²) in [5, 5.41) is 3.00. The molecule has 0 radical (unpaired) electrons. The van der Waals surface area contributed by atoms with Crippen LogP contribution >= 0.6 is 0 Å². The number of carbonyl (C=O) groups is 2. The molecule has 1 aliphatic rings. The van der Waals surface area contributed by atoms with Gasteiger partial charge < -0.3 is 5.32 Å². The highest BCUT2D eigenvalue weighted by molar-refractivity contribution is 6.15. The van der Waals surface area contributed by atoms with Crippen LogP contribution in [0.3, 0.4) is 0 Å². The van der Waals surface area contributed by atoms with E-state index in [1.165, 1.54) is 13.1 Å². The van der Waals surface area contributed by atoms with Gasteiger partial charge >= 0.3 is 0 Å². The van der Waals surface area contributed by atoms with Crippen LogP contribution in [0.2, 0.25) is 0 Å². The lowest BCUT2D eigenvalue weighted by atomic mass is 10.1. The molecule has 0 spiro atoms. The quantitative estimate of drug-likeness (QED) is 0.541. The van der Waals surface area contributed by atoms with Crippen LogP contribution in [-0.2, 0) is 9.59 Å². The van der Waals surface area contributed by atoms with Crippen LogP contribution in [0.15, 0.2) is 11.8 Å². The van der Waals surface area contributed by atoms with Gasteiger partial charge in [-0.3, -0.25) is 14.5 Å². The van der Waals surface area contributed by atoms with Crippen molar-refractivity contribution in [1.82, 2.24) is 10.2 Å². The van der Waals surface area contributed by atoms with E-state index < -0.39 is 0 Å². The number of hydrogen-bond acceptors (Lipinski definition) is 3. The van der Waals surface area contributed by atoms with Gasteiger partial charge in [0.2, 0.25) is 0 Å². The zero-order valence-corrected chi connectivity index (χ0v) is 9.54. The first-order valence-electron chi connectivity index (χ1n) is 5.30. The summed E-state index contributed by atoms with van der Waals surface area (Å²) in [5.74, 6) is 0.195. The van der Waals surface area contributed by atoms with E-state index in [-0.39, 0.29) is 11.8 Å². The van der Waals surface area contributed by atoms with E-state index in [0.717, 1.165) is 24.3 Å². The largest absolute Gasteiger partial charge is 0.380 e. The van der Waals surface area contributed by atoms with Crippen LogP contribution in [0.4, 0.5) is 0 Å². The van der Waals surface area contributed by atoms with Crippen LogP contribution in [0.5, 0.6) is 0 Å². The van der Waals surface area contributed by atoms with Crippen molar-refractivity contribution in [3.05, 3.63) is 11.8 Å². The van der Waals surface area contributed by atoms with Crippen molar-refractivity contribution >= 4 is 11.8 Å². The Bertz CT molecular complexity index is 295. The van der Waals surface area contributed by atoms with E-state index in [4.69, 9.17) is 0 Å². The highest BCUT2D eigenvalue weighted by atomic mass is 16.2. The lowest BCUT2D eigenvalue weighted by Gasteiger charge is -2.09. The molecule has 15 heavy (non-hydrogen) atoms. The van der Waals surface area contributed by atoms with Gasteiger partial charge in [0, 0.05) is 19.7 Å². The first kappa shape index (κ1) is 11.8. The molecule has 0 fully saturated rings. The Balaban J connectivity index is 2.31. The predicted octanol–water partition coefficient (Wildman–Crippen LogP) is 0.895. The minimum atomic E-state index is -0.244. The maximum Gasteiger partial charge on any atom is 0.276 e. The molecule has 1 rings (SSSR count). The van der Waals surface area contributed by atoms with Crippen molar-refractivity contribution in [3.63, 3.8) is 0 Å². The predicted molar refractivity (Wildman–Crippen MR) is 57.9 cm³/mol. The highest BCUT2D eigenvalue weighted by Gasteiger charge is 2.26. The van der Waals surface area contributed by atoms with Gasteiger partial charge in [0.05, 0.1) is 0 Å². The van der Waals surface area contributed by atoms with Gasteiger partial charge in [-0.1, -0.05) is 13.8 Å². The molecule has 4 heteroatoms. The molecule has 4 nitrogen and oxygen atoms in total. The maximum absolute atomic E-state index is 11.4. The molecular weight excluding hydrogens is 192 g/mol. The van der Waals surface area contributed by atoms with Crippen molar-refractivity contribution in [2.24, 2.45) is 5.92 Å². The summed E-state index contributed by atoms with van der Waals surface area (Å²) < 4.78 is 0. The first-order valence-corrected chi connectivity index (χ1v) is 5.30. The van der Waals surface area contributed by atoms with Gasteiger partial charge in [0.15, 0.2) is 0 Å². The van der Waals surface area contributed by atoms with Crippen LogP contribution in [0.1, 0.15) is 26.7 Å². The Morgan fingerprint density at radius 2 is 2.07 bits per heavy atom. The fraction of sp³-hybridized carbons (Fsp3) is 0.636.